The number of nitrogens with two attached hydrogens (primary N) is 1. The van der Waals surface area contributed by atoms with Crippen molar-refractivity contribution in [2.24, 2.45) is 10.7 Å². The van der Waals surface area contributed by atoms with E-state index in [0.717, 1.165) is 17.6 Å². The van der Waals surface area contributed by atoms with Crippen molar-refractivity contribution in [1.29, 1.82) is 0 Å². The van der Waals surface area contributed by atoms with Crippen LogP contribution in [0.2, 0.25) is 0 Å². The average Bonchev–Trinajstić information content (AvgIpc) is 3.01. The number of rotatable bonds is 8. The zero-order valence-electron chi connectivity index (χ0n) is 15.3. The number of fused-ring (bicyclic) bond motifs is 1. The second kappa shape index (κ2) is 9.36. The van der Waals surface area contributed by atoms with Crippen LogP contribution in [0.3, 0.4) is 0 Å². The summed E-state index contributed by atoms with van der Waals surface area (Å²) in [7, 11) is 0. The summed E-state index contributed by atoms with van der Waals surface area (Å²) < 4.78 is 6.85. The van der Waals surface area contributed by atoms with Crippen molar-refractivity contribution in [3.05, 3.63) is 42.0 Å². The lowest BCUT2D eigenvalue weighted by Crippen LogP contribution is -2.10. The minimum absolute atomic E-state index is 0.0711. The number of hydrogen-bond acceptors (Lipinski definition) is 7. The number of esters is 1. The van der Waals surface area contributed by atoms with Gasteiger partial charge in [0.05, 0.1) is 12.3 Å². The monoisotopic (exact) mass is 356 g/mol. The summed E-state index contributed by atoms with van der Waals surface area (Å²) in [6.45, 7) is 6.85. The minimum atomic E-state index is -0.394. The molecule has 0 spiro atoms. The van der Waals surface area contributed by atoms with Crippen LogP contribution < -0.4 is 11.1 Å². The van der Waals surface area contributed by atoms with E-state index in [1.807, 2.05) is 16.8 Å². The molecule has 0 aliphatic rings. The van der Waals surface area contributed by atoms with Crippen LogP contribution in [-0.4, -0.2) is 39.9 Å². The Labute approximate surface area is 152 Å². The zero-order chi connectivity index (χ0) is 18.9. The van der Waals surface area contributed by atoms with Crippen LogP contribution in [0.1, 0.15) is 20.8 Å². The van der Waals surface area contributed by atoms with E-state index < -0.39 is 5.97 Å². The summed E-state index contributed by atoms with van der Waals surface area (Å²) in [6.07, 6.45) is 8.63. The summed E-state index contributed by atoms with van der Waals surface area (Å²) in [6, 6.07) is 1.97. The van der Waals surface area contributed by atoms with Crippen molar-refractivity contribution in [2.45, 2.75) is 27.3 Å². The lowest BCUT2D eigenvalue weighted by Gasteiger charge is -2.06. The van der Waals surface area contributed by atoms with Crippen LogP contribution in [-0.2, 0) is 16.1 Å². The van der Waals surface area contributed by atoms with E-state index in [1.165, 1.54) is 18.0 Å². The fourth-order valence-corrected chi connectivity index (χ4v) is 2.13. The van der Waals surface area contributed by atoms with Gasteiger partial charge in [-0.15, -0.1) is 0 Å². The fraction of sp³-hybridized carbons (Fsp3) is 0.333. The van der Waals surface area contributed by atoms with Crippen LogP contribution in [0.5, 0.6) is 0 Å². The predicted octanol–water partition coefficient (Wildman–Crippen LogP) is 2.24. The lowest BCUT2D eigenvalue weighted by molar-refractivity contribution is -0.141. The van der Waals surface area contributed by atoms with Gasteiger partial charge >= 0.3 is 5.97 Å². The number of aromatic nitrogens is 3. The van der Waals surface area contributed by atoms with Crippen LogP contribution >= 0.6 is 0 Å². The standard InChI is InChI=1S/C18H24N6O2/c1-4-26-16(25)12-20-11-15(9-19)22-18-21-10-14-6-8-24(17(14)23-18)7-5-13(2)3/h5-6,8-11H,4,7,12,19H2,1-3H3,(H,21,22,23)/b15-9+,20-11?. The number of nitrogens with zero attached hydrogens (tertiary/aromatic N) is 4. The first-order valence-electron chi connectivity index (χ1n) is 8.33. The smallest absolute Gasteiger partial charge is 0.327 e. The lowest BCUT2D eigenvalue weighted by atomic mass is 10.3. The van der Waals surface area contributed by atoms with E-state index in [0.29, 0.717) is 18.3 Å². The zero-order valence-corrected chi connectivity index (χ0v) is 15.3. The highest BCUT2D eigenvalue weighted by Gasteiger charge is 2.06. The third kappa shape index (κ3) is 5.44. The Bertz CT molecular complexity index is 846. The van der Waals surface area contributed by atoms with E-state index in [2.05, 4.69) is 40.2 Å². The Hall–Kier alpha value is -3.16. The number of aliphatic imine (C=N–C) groups is 1. The number of allylic oxidation sites excluding steroid dienone is 3. The van der Waals surface area contributed by atoms with Gasteiger partial charge in [-0.3, -0.25) is 9.79 Å². The molecule has 8 heteroatoms. The topological polar surface area (TPSA) is 107 Å². The summed E-state index contributed by atoms with van der Waals surface area (Å²) in [5.74, 6) is 0.00354. The van der Waals surface area contributed by atoms with Crippen LogP contribution in [0.4, 0.5) is 5.95 Å². The van der Waals surface area contributed by atoms with Gasteiger partial charge in [-0.1, -0.05) is 11.6 Å². The summed E-state index contributed by atoms with van der Waals surface area (Å²) in [4.78, 5) is 24.1. The van der Waals surface area contributed by atoms with Gasteiger partial charge in [-0.25, -0.2) is 4.98 Å². The van der Waals surface area contributed by atoms with Gasteiger partial charge in [-0.05, 0) is 26.8 Å². The predicted molar refractivity (Wildman–Crippen MR) is 103 cm³/mol. The number of anilines is 1. The highest BCUT2D eigenvalue weighted by molar-refractivity contribution is 5.85. The second-order valence-electron chi connectivity index (χ2n) is 5.74. The molecule has 2 aromatic heterocycles. The third-order valence-corrected chi connectivity index (χ3v) is 3.39. The van der Waals surface area contributed by atoms with Gasteiger partial charge in [0.2, 0.25) is 5.95 Å². The summed E-state index contributed by atoms with van der Waals surface area (Å²) in [5.41, 5.74) is 8.14. The van der Waals surface area contributed by atoms with Gasteiger partial charge in [0.25, 0.3) is 0 Å². The normalized spacial score (nSPS) is 11.7. The van der Waals surface area contributed by atoms with Crippen molar-refractivity contribution < 1.29 is 9.53 Å². The second-order valence-corrected chi connectivity index (χ2v) is 5.74. The first-order valence-corrected chi connectivity index (χ1v) is 8.33. The Balaban J connectivity index is 2.11. The van der Waals surface area contributed by atoms with Crippen molar-refractivity contribution in [3.63, 3.8) is 0 Å². The third-order valence-electron chi connectivity index (χ3n) is 3.39. The molecule has 0 fully saturated rings. The van der Waals surface area contributed by atoms with E-state index in [1.54, 1.807) is 13.1 Å². The highest BCUT2D eigenvalue weighted by atomic mass is 16.5. The molecule has 0 saturated carbocycles. The van der Waals surface area contributed by atoms with Crippen molar-refractivity contribution in [2.75, 3.05) is 18.5 Å². The largest absolute Gasteiger partial charge is 0.465 e. The fourth-order valence-electron chi connectivity index (χ4n) is 2.13. The molecule has 2 aromatic rings. The van der Waals surface area contributed by atoms with Gasteiger partial charge in [0, 0.05) is 36.7 Å². The Morgan fingerprint density at radius 1 is 1.46 bits per heavy atom. The van der Waals surface area contributed by atoms with E-state index in [-0.39, 0.29) is 6.54 Å². The SMILES string of the molecule is CCOC(=O)CN=C/C(=C\N)Nc1ncc2ccn(CC=C(C)C)c2n1. The molecule has 138 valence electrons. The average molecular weight is 356 g/mol. The Morgan fingerprint density at radius 3 is 2.96 bits per heavy atom. The molecule has 26 heavy (non-hydrogen) atoms. The van der Waals surface area contributed by atoms with E-state index in [9.17, 15) is 4.79 Å². The molecular weight excluding hydrogens is 332 g/mol. The molecule has 0 atom stereocenters. The molecule has 0 aliphatic carbocycles. The van der Waals surface area contributed by atoms with Crippen molar-refractivity contribution >= 4 is 29.2 Å². The number of carbonyl (C=O) groups is 1. The maximum absolute atomic E-state index is 11.3. The van der Waals surface area contributed by atoms with Gasteiger partial charge < -0.3 is 20.4 Å². The molecule has 0 saturated heterocycles. The van der Waals surface area contributed by atoms with Gasteiger partial charge in [-0.2, -0.15) is 4.98 Å². The van der Waals surface area contributed by atoms with Crippen LogP contribution in [0.15, 0.2) is 47.0 Å². The van der Waals surface area contributed by atoms with Gasteiger partial charge in [0.15, 0.2) is 0 Å². The quantitative estimate of drug-likeness (QED) is 0.427. The van der Waals surface area contributed by atoms with Gasteiger partial charge in [0.1, 0.15) is 12.2 Å². The summed E-state index contributed by atoms with van der Waals surface area (Å²) in [5, 5.41) is 3.94. The molecule has 3 N–H and O–H groups in total. The molecule has 0 aliphatic heterocycles. The Morgan fingerprint density at radius 2 is 2.27 bits per heavy atom. The molecule has 0 unspecified atom stereocenters. The van der Waals surface area contributed by atoms with Crippen molar-refractivity contribution in [3.8, 4) is 0 Å². The molecule has 0 bridgehead atoms. The number of carbonyl (C=O) groups excluding carboxylic acids is 1. The number of hydrogen-bond donors (Lipinski definition) is 2. The van der Waals surface area contributed by atoms with Crippen molar-refractivity contribution in [1.82, 2.24) is 14.5 Å². The van der Waals surface area contributed by atoms with Crippen LogP contribution in [0.25, 0.3) is 11.0 Å². The van der Waals surface area contributed by atoms with Crippen LogP contribution in [0, 0.1) is 0 Å². The summed E-state index contributed by atoms with van der Waals surface area (Å²) >= 11 is 0. The molecular formula is C18H24N6O2. The molecule has 8 nitrogen and oxygen atoms in total. The van der Waals surface area contributed by atoms with E-state index in [4.69, 9.17) is 10.5 Å². The molecule has 2 rings (SSSR count). The molecule has 0 aromatic carbocycles. The number of ether oxygens (including phenoxy) is 1. The number of nitrogens with one attached hydrogen (secondary N) is 1. The maximum Gasteiger partial charge on any atom is 0.327 e. The molecule has 2 heterocycles. The molecule has 0 radical (unpaired) electrons. The minimum Gasteiger partial charge on any atom is -0.465 e. The highest BCUT2D eigenvalue weighted by Crippen LogP contribution is 2.15. The Kier molecular flexibility index (Phi) is 6.90. The maximum atomic E-state index is 11.3. The van der Waals surface area contributed by atoms with E-state index >= 15 is 0 Å². The first-order chi connectivity index (χ1) is 12.5. The first kappa shape index (κ1) is 19.2. The molecule has 0 amide bonds.